The van der Waals surface area contributed by atoms with Gasteiger partial charge in [0.15, 0.2) is 5.60 Å². The maximum absolute atomic E-state index is 13.1. The summed E-state index contributed by atoms with van der Waals surface area (Å²) in [5.74, 6) is -0.622. The first-order valence-electron chi connectivity index (χ1n) is 11.4. The molecule has 36 heavy (non-hydrogen) atoms. The summed E-state index contributed by atoms with van der Waals surface area (Å²) >= 11 is 64.1. The number of hydrogen-bond donors (Lipinski definition) is 0. The summed E-state index contributed by atoms with van der Waals surface area (Å²) in [6.45, 7) is 2.19. The SMILES string of the molecule is CCCCCCCCCCCC(=O)OC1(c2c(Cl)c(Cl)c(Cl)c(Cl)c2Cl)C(Cl)=C(Cl)C(Cl)=C(Cl)C1Cl. The Labute approximate surface area is 262 Å². The second-order valence-electron chi connectivity index (χ2n) is 8.39. The van der Waals surface area contributed by atoms with Crippen LogP contribution < -0.4 is 0 Å². The monoisotopic (exact) mass is 694 g/mol. The molecule has 0 heterocycles. The van der Waals surface area contributed by atoms with E-state index in [1.807, 2.05) is 0 Å². The predicted octanol–water partition coefficient (Wildman–Crippen LogP) is 12.6. The van der Waals surface area contributed by atoms with Gasteiger partial charge in [0, 0.05) is 12.0 Å². The first kappa shape index (κ1) is 33.3. The van der Waals surface area contributed by atoms with Crippen molar-refractivity contribution in [2.45, 2.75) is 82.1 Å². The summed E-state index contributed by atoms with van der Waals surface area (Å²) in [4.78, 5) is 13.1. The molecule has 1 aliphatic rings. The second kappa shape index (κ2) is 15.2. The van der Waals surface area contributed by atoms with Crippen molar-refractivity contribution in [1.82, 2.24) is 0 Å². The van der Waals surface area contributed by atoms with E-state index in [9.17, 15) is 4.79 Å². The molecule has 1 aromatic carbocycles. The topological polar surface area (TPSA) is 26.3 Å². The van der Waals surface area contributed by atoms with Gasteiger partial charge < -0.3 is 4.74 Å². The summed E-state index contributed by atoms with van der Waals surface area (Å²) in [5, 5.41) is -2.76. The minimum Gasteiger partial charge on any atom is -0.446 e. The number of benzene rings is 1. The van der Waals surface area contributed by atoms with Crippen LogP contribution >= 0.6 is 116 Å². The number of unbranched alkanes of at least 4 members (excludes halogenated alkanes) is 8. The molecule has 0 radical (unpaired) electrons. The molecule has 1 aromatic rings. The van der Waals surface area contributed by atoms with Gasteiger partial charge in [0.05, 0.1) is 45.2 Å². The van der Waals surface area contributed by atoms with Crippen LogP contribution in [-0.4, -0.2) is 11.3 Å². The molecule has 2 unspecified atom stereocenters. The number of allylic oxidation sites excluding steroid dienone is 2. The number of halogens is 10. The summed E-state index contributed by atoms with van der Waals surface area (Å²) in [5.41, 5.74) is -2.16. The highest BCUT2D eigenvalue weighted by Gasteiger charge is 2.55. The number of rotatable bonds is 12. The fourth-order valence-corrected chi connectivity index (χ4v) is 6.92. The highest BCUT2D eigenvalue weighted by Crippen LogP contribution is 2.59. The Kier molecular flexibility index (Phi) is 14.0. The van der Waals surface area contributed by atoms with Crippen LogP contribution in [0.2, 0.25) is 25.1 Å². The molecule has 2 nitrogen and oxygen atoms in total. The first-order valence-corrected chi connectivity index (χ1v) is 15.3. The van der Waals surface area contributed by atoms with Crippen molar-refractivity contribution < 1.29 is 9.53 Å². The molecule has 12 heteroatoms. The van der Waals surface area contributed by atoms with Gasteiger partial charge in [-0.3, -0.25) is 4.79 Å². The molecule has 202 valence electrons. The van der Waals surface area contributed by atoms with E-state index < -0.39 is 16.9 Å². The molecule has 0 amide bonds. The van der Waals surface area contributed by atoms with Crippen LogP contribution in [0.4, 0.5) is 0 Å². The summed E-state index contributed by atoms with van der Waals surface area (Å²) in [7, 11) is 0. The van der Waals surface area contributed by atoms with E-state index in [1.54, 1.807) is 0 Å². The average Bonchev–Trinajstić information content (AvgIpc) is 2.86. The second-order valence-corrected chi connectivity index (χ2v) is 12.3. The van der Waals surface area contributed by atoms with Crippen LogP contribution in [-0.2, 0) is 15.1 Å². The minimum atomic E-state index is -2.06. The molecule has 0 saturated carbocycles. The van der Waals surface area contributed by atoms with Crippen molar-refractivity contribution in [1.29, 1.82) is 0 Å². The van der Waals surface area contributed by atoms with E-state index in [0.717, 1.165) is 19.3 Å². The van der Waals surface area contributed by atoms with Gasteiger partial charge in [0.25, 0.3) is 0 Å². The standard InChI is InChI=1S/C24H24Cl10O2/c1-2-3-4-5-6-7-8-9-10-11-12(35)36-24(22(33)20(31)19(30)21(32)23(24)34)13-14(25)16(27)18(29)17(28)15(13)26/h22H,2-11H2,1H3. The van der Waals surface area contributed by atoms with Gasteiger partial charge in [-0.2, -0.15) is 0 Å². The molecule has 2 atom stereocenters. The van der Waals surface area contributed by atoms with Crippen LogP contribution in [0.3, 0.4) is 0 Å². The number of hydrogen-bond acceptors (Lipinski definition) is 2. The van der Waals surface area contributed by atoms with E-state index >= 15 is 0 Å². The normalized spacial score (nSPS) is 20.4. The molecule has 0 saturated heterocycles. The number of alkyl halides is 1. The van der Waals surface area contributed by atoms with Crippen LogP contribution in [0.15, 0.2) is 20.1 Å². The lowest BCUT2D eigenvalue weighted by atomic mass is 9.85. The summed E-state index contributed by atoms with van der Waals surface area (Å²) in [6, 6.07) is 0. The average molecular weight is 699 g/mol. The zero-order valence-corrected chi connectivity index (χ0v) is 26.8. The van der Waals surface area contributed by atoms with E-state index in [1.165, 1.54) is 32.1 Å². The Morgan fingerprint density at radius 3 is 1.64 bits per heavy atom. The summed E-state index contributed by atoms with van der Waals surface area (Å²) in [6.07, 6.45) is 9.81. The van der Waals surface area contributed by atoms with Gasteiger partial charge in [-0.15, -0.1) is 11.6 Å². The molecular formula is C24H24Cl10O2. The first-order chi connectivity index (χ1) is 16.9. The van der Waals surface area contributed by atoms with Crippen molar-refractivity contribution in [3.05, 3.63) is 50.8 Å². The lowest BCUT2D eigenvalue weighted by Gasteiger charge is -2.41. The molecule has 0 bridgehead atoms. The lowest BCUT2D eigenvalue weighted by molar-refractivity contribution is -0.156. The zero-order chi connectivity index (χ0) is 27.2. The quantitative estimate of drug-likeness (QED) is 0.0714. The fraction of sp³-hybridized carbons (Fsp3) is 0.542. The van der Waals surface area contributed by atoms with Gasteiger partial charge in [0.1, 0.15) is 5.38 Å². The molecule has 0 fully saturated rings. The maximum Gasteiger partial charge on any atom is 0.307 e. The molecule has 2 rings (SSSR count). The van der Waals surface area contributed by atoms with Gasteiger partial charge in [0.2, 0.25) is 0 Å². The van der Waals surface area contributed by atoms with Crippen molar-refractivity contribution >= 4 is 122 Å². The van der Waals surface area contributed by atoms with E-state index in [-0.39, 0.29) is 57.2 Å². The third-order valence-corrected chi connectivity index (χ3v) is 10.7. The van der Waals surface area contributed by atoms with E-state index in [2.05, 4.69) is 6.92 Å². The van der Waals surface area contributed by atoms with Gasteiger partial charge in [-0.05, 0) is 6.42 Å². The Morgan fingerprint density at radius 1 is 0.694 bits per heavy atom. The fourth-order valence-electron chi connectivity index (χ4n) is 3.89. The number of carbonyl (C=O) groups excluding carboxylic acids is 1. The third-order valence-electron chi connectivity index (χ3n) is 5.84. The lowest BCUT2D eigenvalue weighted by Crippen LogP contribution is -2.45. The van der Waals surface area contributed by atoms with Crippen LogP contribution in [0, 0.1) is 0 Å². The van der Waals surface area contributed by atoms with Gasteiger partial charge in [-0.25, -0.2) is 0 Å². The van der Waals surface area contributed by atoms with E-state index in [0.29, 0.717) is 6.42 Å². The third kappa shape index (κ3) is 7.22. The number of ether oxygens (including phenoxy) is 1. The number of esters is 1. The largest absolute Gasteiger partial charge is 0.446 e. The van der Waals surface area contributed by atoms with Crippen molar-refractivity contribution in [3.8, 4) is 0 Å². The van der Waals surface area contributed by atoms with Crippen LogP contribution in [0.5, 0.6) is 0 Å². The highest BCUT2D eigenvalue weighted by atomic mass is 35.5. The van der Waals surface area contributed by atoms with Crippen LogP contribution in [0.25, 0.3) is 0 Å². The molecular weight excluding hydrogens is 675 g/mol. The molecule has 0 aromatic heterocycles. The minimum absolute atomic E-state index is 0.0857. The highest BCUT2D eigenvalue weighted by molar-refractivity contribution is 6.57. The van der Waals surface area contributed by atoms with Crippen molar-refractivity contribution in [2.75, 3.05) is 0 Å². The van der Waals surface area contributed by atoms with Gasteiger partial charge >= 0.3 is 5.97 Å². The Bertz CT molecular complexity index is 1010. The zero-order valence-electron chi connectivity index (χ0n) is 19.2. The Balaban J connectivity index is 2.33. The Hall–Kier alpha value is 1.07. The molecule has 0 spiro atoms. The number of carbonyl (C=O) groups is 1. The Morgan fingerprint density at radius 2 is 1.14 bits per heavy atom. The predicted molar refractivity (Wildman–Crippen MR) is 158 cm³/mol. The van der Waals surface area contributed by atoms with Crippen LogP contribution in [0.1, 0.15) is 76.7 Å². The smallest absolute Gasteiger partial charge is 0.307 e. The molecule has 0 N–H and O–H groups in total. The summed E-state index contributed by atoms with van der Waals surface area (Å²) < 4.78 is 5.91. The van der Waals surface area contributed by atoms with Crippen molar-refractivity contribution in [3.63, 3.8) is 0 Å². The molecule has 0 aliphatic heterocycles. The van der Waals surface area contributed by atoms with E-state index in [4.69, 9.17) is 121 Å². The van der Waals surface area contributed by atoms with Crippen molar-refractivity contribution in [2.24, 2.45) is 0 Å². The maximum atomic E-state index is 13.1. The van der Waals surface area contributed by atoms with Gasteiger partial charge in [-0.1, -0.05) is 163 Å². The molecule has 1 aliphatic carbocycles.